The van der Waals surface area contributed by atoms with Crippen LogP contribution in [0.25, 0.3) is 5.69 Å². The molecule has 1 heterocycles. The number of aromatic nitrogens is 2. The molecule has 1 aromatic heterocycles. The third-order valence-electron chi connectivity index (χ3n) is 3.67. The zero-order valence-corrected chi connectivity index (χ0v) is 13.4. The van der Waals surface area contributed by atoms with E-state index in [1.807, 2.05) is 6.20 Å². The zero-order valence-electron chi connectivity index (χ0n) is 13.4. The second kappa shape index (κ2) is 7.38. The quantitative estimate of drug-likeness (QED) is 0.796. The molecule has 1 N–H and O–H groups in total. The van der Waals surface area contributed by atoms with Gasteiger partial charge in [0.15, 0.2) is 0 Å². The number of methoxy groups -OCH3 is 1. The average molecular weight is 287 g/mol. The highest BCUT2D eigenvalue weighted by Gasteiger charge is 2.12. The molecular formula is C17H25N3O. The Labute approximate surface area is 127 Å². The van der Waals surface area contributed by atoms with E-state index in [4.69, 9.17) is 4.74 Å². The fraction of sp³-hybridized carbons (Fsp3) is 0.471. The van der Waals surface area contributed by atoms with Gasteiger partial charge in [-0.15, -0.1) is 0 Å². The molecular weight excluding hydrogens is 262 g/mol. The van der Waals surface area contributed by atoms with E-state index in [2.05, 4.69) is 54.1 Å². The average Bonchev–Trinajstić information content (AvgIpc) is 2.86. The van der Waals surface area contributed by atoms with Gasteiger partial charge in [-0.25, -0.2) is 4.68 Å². The molecule has 0 unspecified atom stereocenters. The molecule has 0 fully saturated rings. The van der Waals surface area contributed by atoms with E-state index < -0.39 is 0 Å². The second-order valence-electron chi connectivity index (χ2n) is 5.34. The molecule has 0 amide bonds. The van der Waals surface area contributed by atoms with Crippen LogP contribution in [0.5, 0.6) is 0 Å². The summed E-state index contributed by atoms with van der Waals surface area (Å²) in [6.07, 6.45) is 2.94. The third-order valence-corrected chi connectivity index (χ3v) is 3.67. The van der Waals surface area contributed by atoms with Crippen molar-refractivity contribution in [3.8, 4) is 5.69 Å². The maximum absolute atomic E-state index is 5.05. The lowest BCUT2D eigenvalue weighted by Gasteiger charge is -2.11. The first-order valence-corrected chi connectivity index (χ1v) is 7.50. The molecule has 0 radical (unpaired) electrons. The van der Waals surface area contributed by atoms with Gasteiger partial charge in [-0.1, -0.05) is 24.6 Å². The number of aryl methyl sites for hydroxylation is 2. The lowest BCUT2D eigenvalue weighted by molar-refractivity contribution is 0.199. The van der Waals surface area contributed by atoms with E-state index in [9.17, 15) is 0 Å². The van der Waals surface area contributed by atoms with Crippen molar-refractivity contribution >= 4 is 0 Å². The van der Waals surface area contributed by atoms with Crippen LogP contribution in [-0.2, 0) is 17.7 Å². The number of hydrogen-bond donors (Lipinski definition) is 1. The van der Waals surface area contributed by atoms with Crippen LogP contribution in [0.15, 0.2) is 24.4 Å². The maximum Gasteiger partial charge on any atom is 0.0678 e. The summed E-state index contributed by atoms with van der Waals surface area (Å²) < 4.78 is 7.13. The number of nitrogens with one attached hydrogen (secondary N) is 1. The molecule has 2 aromatic rings. The molecule has 21 heavy (non-hydrogen) atoms. The van der Waals surface area contributed by atoms with Crippen molar-refractivity contribution in [3.05, 3.63) is 46.8 Å². The van der Waals surface area contributed by atoms with Crippen LogP contribution in [0.2, 0.25) is 0 Å². The Balaban J connectivity index is 2.22. The van der Waals surface area contributed by atoms with Gasteiger partial charge in [0.25, 0.3) is 0 Å². The van der Waals surface area contributed by atoms with Crippen LogP contribution < -0.4 is 5.32 Å². The van der Waals surface area contributed by atoms with Gasteiger partial charge in [-0.3, -0.25) is 0 Å². The standard InChI is InChI=1S/C17H25N3O/c1-5-16-15(11-18-8-9-21-4)12-19-20(16)17-7-6-13(2)10-14(17)3/h6-7,10,12,18H,5,8-9,11H2,1-4H3. The van der Waals surface area contributed by atoms with Gasteiger partial charge in [0.2, 0.25) is 0 Å². The summed E-state index contributed by atoms with van der Waals surface area (Å²) in [6.45, 7) is 8.85. The molecule has 0 aliphatic carbocycles. The highest BCUT2D eigenvalue weighted by atomic mass is 16.5. The van der Waals surface area contributed by atoms with E-state index in [-0.39, 0.29) is 0 Å². The predicted octanol–water partition coefficient (Wildman–Crippen LogP) is 2.79. The number of rotatable bonds is 7. The van der Waals surface area contributed by atoms with Crippen molar-refractivity contribution < 1.29 is 4.74 Å². The van der Waals surface area contributed by atoms with Crippen molar-refractivity contribution in [2.24, 2.45) is 0 Å². The Kier molecular flexibility index (Phi) is 5.53. The van der Waals surface area contributed by atoms with Crippen molar-refractivity contribution in [2.75, 3.05) is 20.3 Å². The second-order valence-corrected chi connectivity index (χ2v) is 5.34. The van der Waals surface area contributed by atoms with Crippen LogP contribution in [0.4, 0.5) is 0 Å². The first-order valence-electron chi connectivity index (χ1n) is 7.50. The Morgan fingerprint density at radius 1 is 1.29 bits per heavy atom. The minimum absolute atomic E-state index is 0.729. The van der Waals surface area contributed by atoms with E-state index in [0.29, 0.717) is 0 Å². The van der Waals surface area contributed by atoms with E-state index in [1.165, 1.54) is 28.1 Å². The summed E-state index contributed by atoms with van der Waals surface area (Å²) in [6, 6.07) is 6.49. The summed E-state index contributed by atoms with van der Waals surface area (Å²) in [5.74, 6) is 0. The Bertz CT molecular complexity index is 590. The van der Waals surface area contributed by atoms with Crippen LogP contribution >= 0.6 is 0 Å². The summed E-state index contributed by atoms with van der Waals surface area (Å²) in [7, 11) is 1.72. The smallest absolute Gasteiger partial charge is 0.0678 e. The molecule has 0 aliphatic heterocycles. The van der Waals surface area contributed by atoms with E-state index in [0.717, 1.165) is 26.1 Å². The lowest BCUT2D eigenvalue weighted by atomic mass is 10.1. The van der Waals surface area contributed by atoms with Crippen molar-refractivity contribution in [1.82, 2.24) is 15.1 Å². The van der Waals surface area contributed by atoms with Crippen molar-refractivity contribution in [2.45, 2.75) is 33.7 Å². The van der Waals surface area contributed by atoms with E-state index >= 15 is 0 Å². The molecule has 0 saturated carbocycles. The molecule has 1 aromatic carbocycles. The summed E-state index contributed by atoms with van der Waals surface area (Å²) >= 11 is 0. The maximum atomic E-state index is 5.05. The fourth-order valence-electron chi connectivity index (χ4n) is 2.58. The number of ether oxygens (including phenoxy) is 1. The normalized spacial score (nSPS) is 11.0. The van der Waals surface area contributed by atoms with Gasteiger partial charge in [0.1, 0.15) is 0 Å². The van der Waals surface area contributed by atoms with Gasteiger partial charge in [0, 0.05) is 31.5 Å². The van der Waals surface area contributed by atoms with Gasteiger partial charge in [-0.05, 0) is 31.9 Å². The van der Waals surface area contributed by atoms with Crippen LogP contribution in [0, 0.1) is 13.8 Å². The Morgan fingerprint density at radius 2 is 2.10 bits per heavy atom. The molecule has 0 spiro atoms. The summed E-state index contributed by atoms with van der Waals surface area (Å²) in [5.41, 5.74) is 6.23. The minimum atomic E-state index is 0.729. The first-order chi connectivity index (χ1) is 10.2. The number of hydrogen-bond acceptors (Lipinski definition) is 3. The molecule has 0 aliphatic rings. The van der Waals surface area contributed by atoms with E-state index in [1.54, 1.807) is 7.11 Å². The Hall–Kier alpha value is -1.65. The van der Waals surface area contributed by atoms with Crippen molar-refractivity contribution in [3.63, 3.8) is 0 Å². The van der Waals surface area contributed by atoms with Crippen LogP contribution in [0.1, 0.15) is 29.3 Å². The SMILES string of the molecule is CCc1c(CNCCOC)cnn1-c1ccc(C)cc1C. The van der Waals surface area contributed by atoms with Crippen LogP contribution in [0.3, 0.4) is 0 Å². The predicted molar refractivity (Wildman–Crippen MR) is 86.0 cm³/mol. The summed E-state index contributed by atoms with van der Waals surface area (Å²) in [4.78, 5) is 0. The topological polar surface area (TPSA) is 39.1 Å². The highest BCUT2D eigenvalue weighted by molar-refractivity contribution is 5.44. The molecule has 2 rings (SSSR count). The van der Waals surface area contributed by atoms with Gasteiger partial charge >= 0.3 is 0 Å². The summed E-state index contributed by atoms with van der Waals surface area (Å²) in [5, 5.41) is 7.98. The minimum Gasteiger partial charge on any atom is -0.383 e. The fourth-order valence-corrected chi connectivity index (χ4v) is 2.58. The van der Waals surface area contributed by atoms with Gasteiger partial charge < -0.3 is 10.1 Å². The third kappa shape index (κ3) is 3.71. The lowest BCUT2D eigenvalue weighted by Crippen LogP contribution is -2.19. The van der Waals surface area contributed by atoms with Crippen molar-refractivity contribution in [1.29, 1.82) is 0 Å². The molecule has 0 saturated heterocycles. The molecule has 4 nitrogen and oxygen atoms in total. The molecule has 0 atom stereocenters. The molecule has 0 bridgehead atoms. The van der Waals surface area contributed by atoms with Gasteiger partial charge in [0.05, 0.1) is 18.5 Å². The largest absolute Gasteiger partial charge is 0.383 e. The zero-order chi connectivity index (χ0) is 15.2. The highest BCUT2D eigenvalue weighted by Crippen LogP contribution is 2.20. The molecule has 4 heteroatoms. The van der Waals surface area contributed by atoms with Gasteiger partial charge in [-0.2, -0.15) is 5.10 Å². The van der Waals surface area contributed by atoms with Crippen LogP contribution in [-0.4, -0.2) is 30.0 Å². The number of nitrogens with zero attached hydrogens (tertiary/aromatic N) is 2. The monoisotopic (exact) mass is 287 g/mol. The Morgan fingerprint density at radius 3 is 2.76 bits per heavy atom. The number of benzene rings is 1. The molecule has 114 valence electrons. The first kappa shape index (κ1) is 15.7.